The molecule has 0 saturated carbocycles. The van der Waals surface area contributed by atoms with E-state index in [4.69, 9.17) is 0 Å². The van der Waals surface area contributed by atoms with Gasteiger partial charge in [-0.1, -0.05) is 28.1 Å². The van der Waals surface area contributed by atoms with Gasteiger partial charge in [0, 0.05) is 4.47 Å². The number of halogens is 1. The van der Waals surface area contributed by atoms with Gasteiger partial charge in [0.1, 0.15) is 0 Å². The lowest BCUT2D eigenvalue weighted by molar-refractivity contribution is -0.135. The van der Waals surface area contributed by atoms with Gasteiger partial charge in [-0.15, -0.1) is 0 Å². The zero-order valence-electron chi connectivity index (χ0n) is 9.03. The summed E-state index contributed by atoms with van der Waals surface area (Å²) < 4.78 is 0.960. The first-order valence-corrected chi connectivity index (χ1v) is 5.81. The van der Waals surface area contributed by atoms with Crippen molar-refractivity contribution in [3.05, 3.63) is 34.3 Å². The summed E-state index contributed by atoms with van der Waals surface area (Å²) >= 11 is 3.37. The molecule has 1 unspecified atom stereocenters. The van der Waals surface area contributed by atoms with Gasteiger partial charge in [0.15, 0.2) is 0 Å². The maximum atomic E-state index is 10.9. The Hall–Kier alpha value is -1.69. The second-order valence-corrected chi connectivity index (χ2v) is 4.53. The number of guanidine groups is 1. The van der Waals surface area contributed by atoms with Crippen LogP contribution in [0.4, 0.5) is 0 Å². The highest BCUT2D eigenvalue weighted by molar-refractivity contribution is 9.10. The molecule has 1 aliphatic rings. The van der Waals surface area contributed by atoms with Gasteiger partial charge in [0.05, 0.1) is 6.04 Å². The fourth-order valence-electron chi connectivity index (χ4n) is 1.46. The van der Waals surface area contributed by atoms with Crippen LogP contribution in [0.5, 0.6) is 0 Å². The van der Waals surface area contributed by atoms with Crippen molar-refractivity contribution in [2.45, 2.75) is 13.0 Å². The Kier molecular flexibility index (Phi) is 3.23. The van der Waals surface area contributed by atoms with Gasteiger partial charge in [-0.2, -0.15) is 0 Å². The predicted octanol–water partition coefficient (Wildman–Crippen LogP) is 1.11. The van der Waals surface area contributed by atoms with Gasteiger partial charge in [-0.3, -0.25) is 20.2 Å². The van der Waals surface area contributed by atoms with Gasteiger partial charge < -0.3 is 0 Å². The van der Waals surface area contributed by atoms with E-state index < -0.39 is 11.8 Å². The molecule has 88 valence electrons. The van der Waals surface area contributed by atoms with Gasteiger partial charge in [-0.25, -0.2) is 4.99 Å². The van der Waals surface area contributed by atoms with Gasteiger partial charge in [0.2, 0.25) is 5.96 Å². The highest BCUT2D eigenvalue weighted by Crippen LogP contribution is 2.20. The van der Waals surface area contributed by atoms with Crippen molar-refractivity contribution >= 4 is 33.7 Å². The molecule has 0 aliphatic carbocycles. The Balaban J connectivity index is 2.17. The number of rotatable bonds is 2. The number of carbonyl (C=O) groups is 2. The number of hydrogen-bond acceptors (Lipinski definition) is 3. The third kappa shape index (κ3) is 2.71. The standard InChI is InChI=1S/C11H10BrN3O2/c1-6(7-3-2-4-8(12)5-7)13-11-14-9(16)10(17)15-11/h2-6H,1H3,(H2,13,14,15,16,17). The zero-order valence-corrected chi connectivity index (χ0v) is 10.6. The summed E-state index contributed by atoms with van der Waals surface area (Å²) in [6.45, 7) is 1.88. The summed E-state index contributed by atoms with van der Waals surface area (Å²) in [4.78, 5) is 26.1. The van der Waals surface area contributed by atoms with Crippen LogP contribution in [0.2, 0.25) is 0 Å². The molecule has 17 heavy (non-hydrogen) atoms. The molecule has 6 heteroatoms. The molecule has 2 amide bonds. The van der Waals surface area contributed by atoms with Crippen LogP contribution in [0, 0.1) is 0 Å². The molecule has 0 bridgehead atoms. The Morgan fingerprint density at radius 2 is 1.88 bits per heavy atom. The molecule has 5 nitrogen and oxygen atoms in total. The second-order valence-electron chi connectivity index (χ2n) is 3.62. The molecule has 1 heterocycles. The summed E-state index contributed by atoms with van der Waals surface area (Å²) in [5.41, 5.74) is 0.988. The fraction of sp³-hybridized carbons (Fsp3) is 0.182. The van der Waals surface area contributed by atoms with Crippen LogP contribution in [0.3, 0.4) is 0 Å². The Labute approximate surface area is 106 Å². The first-order chi connectivity index (χ1) is 8.06. The number of carbonyl (C=O) groups excluding carboxylic acids is 2. The summed E-state index contributed by atoms with van der Waals surface area (Å²) in [6.07, 6.45) is 0. The second kappa shape index (κ2) is 4.67. The summed E-state index contributed by atoms with van der Waals surface area (Å²) in [7, 11) is 0. The molecular formula is C11H10BrN3O2. The molecule has 0 aromatic heterocycles. The van der Waals surface area contributed by atoms with Crippen LogP contribution in [-0.4, -0.2) is 17.8 Å². The molecule has 2 N–H and O–H groups in total. The molecule has 1 aromatic carbocycles. The normalized spacial score (nSPS) is 16.5. The van der Waals surface area contributed by atoms with Crippen molar-refractivity contribution in [3.63, 3.8) is 0 Å². The van der Waals surface area contributed by atoms with E-state index in [9.17, 15) is 9.59 Å². The topological polar surface area (TPSA) is 70.6 Å². The quantitative estimate of drug-likeness (QED) is 0.803. The molecule has 0 spiro atoms. The maximum Gasteiger partial charge on any atom is 0.316 e. The summed E-state index contributed by atoms with van der Waals surface area (Å²) in [6, 6.07) is 7.54. The van der Waals surface area contributed by atoms with E-state index in [1.807, 2.05) is 31.2 Å². The third-order valence-corrected chi connectivity index (χ3v) is 2.82. The van der Waals surface area contributed by atoms with E-state index in [1.165, 1.54) is 0 Å². The van der Waals surface area contributed by atoms with Gasteiger partial charge >= 0.3 is 11.8 Å². The minimum Gasteiger partial charge on any atom is -0.288 e. The largest absolute Gasteiger partial charge is 0.316 e. The van der Waals surface area contributed by atoms with Crippen LogP contribution in [0.25, 0.3) is 0 Å². The number of hydrogen-bond donors (Lipinski definition) is 2. The van der Waals surface area contributed by atoms with Gasteiger partial charge in [-0.05, 0) is 24.6 Å². The van der Waals surface area contributed by atoms with Crippen LogP contribution < -0.4 is 10.6 Å². The highest BCUT2D eigenvalue weighted by atomic mass is 79.9. The lowest BCUT2D eigenvalue weighted by Gasteiger charge is -2.08. The minimum atomic E-state index is -0.676. The van der Waals surface area contributed by atoms with Crippen molar-refractivity contribution in [2.24, 2.45) is 4.99 Å². The first-order valence-electron chi connectivity index (χ1n) is 5.02. The smallest absolute Gasteiger partial charge is 0.288 e. The monoisotopic (exact) mass is 295 g/mol. The van der Waals surface area contributed by atoms with Crippen LogP contribution >= 0.6 is 15.9 Å². The van der Waals surface area contributed by atoms with E-state index in [0.717, 1.165) is 10.0 Å². The molecule has 1 saturated heterocycles. The lowest BCUT2D eigenvalue weighted by Crippen LogP contribution is -2.26. The Bertz CT molecular complexity index is 495. The van der Waals surface area contributed by atoms with Crippen LogP contribution in [0.1, 0.15) is 18.5 Å². The minimum absolute atomic E-state index is 0.152. The van der Waals surface area contributed by atoms with E-state index >= 15 is 0 Å². The summed E-state index contributed by atoms with van der Waals surface area (Å²) in [5.74, 6) is -1.15. The molecule has 1 aliphatic heterocycles. The average Bonchev–Trinajstić information content (AvgIpc) is 2.58. The van der Waals surface area contributed by atoms with Crippen LogP contribution in [-0.2, 0) is 9.59 Å². The van der Waals surface area contributed by atoms with Crippen molar-refractivity contribution < 1.29 is 9.59 Å². The molecule has 0 radical (unpaired) electrons. The molecule has 2 rings (SSSR count). The molecule has 1 fully saturated rings. The first kappa shape index (κ1) is 11.8. The third-order valence-electron chi connectivity index (χ3n) is 2.32. The van der Waals surface area contributed by atoms with E-state index in [2.05, 4.69) is 31.6 Å². The molecule has 1 atom stereocenters. The molecular weight excluding hydrogens is 286 g/mol. The van der Waals surface area contributed by atoms with E-state index in [0.29, 0.717) is 0 Å². The Morgan fingerprint density at radius 1 is 1.24 bits per heavy atom. The number of benzene rings is 1. The number of nitrogens with zero attached hydrogens (tertiary/aromatic N) is 1. The van der Waals surface area contributed by atoms with Gasteiger partial charge in [0.25, 0.3) is 0 Å². The van der Waals surface area contributed by atoms with E-state index in [-0.39, 0.29) is 12.0 Å². The van der Waals surface area contributed by atoms with Crippen molar-refractivity contribution in [3.8, 4) is 0 Å². The Morgan fingerprint density at radius 3 is 2.47 bits per heavy atom. The van der Waals surface area contributed by atoms with Crippen LogP contribution in [0.15, 0.2) is 33.7 Å². The number of amides is 2. The predicted molar refractivity (Wildman–Crippen MR) is 66.3 cm³/mol. The van der Waals surface area contributed by atoms with Crippen molar-refractivity contribution in [1.29, 1.82) is 0 Å². The van der Waals surface area contributed by atoms with E-state index in [1.54, 1.807) is 0 Å². The van der Waals surface area contributed by atoms with Crippen molar-refractivity contribution in [1.82, 2.24) is 10.6 Å². The van der Waals surface area contributed by atoms with Crippen molar-refractivity contribution in [2.75, 3.05) is 0 Å². The summed E-state index contributed by atoms with van der Waals surface area (Å²) in [5, 5.41) is 4.72. The fourth-order valence-corrected chi connectivity index (χ4v) is 1.88. The lowest BCUT2D eigenvalue weighted by atomic mass is 10.1. The number of nitrogens with one attached hydrogen (secondary N) is 2. The highest BCUT2D eigenvalue weighted by Gasteiger charge is 2.25. The average molecular weight is 296 g/mol. The SMILES string of the molecule is CC(N=C1NC(=O)C(=O)N1)c1cccc(Br)c1. The number of aliphatic imine (C=N–C) groups is 1. The maximum absolute atomic E-state index is 10.9. The molecule has 1 aromatic rings. The zero-order chi connectivity index (χ0) is 12.4.